The van der Waals surface area contributed by atoms with E-state index >= 15 is 0 Å². The number of guanidine groups is 1. The fourth-order valence-electron chi connectivity index (χ4n) is 3.82. The molecule has 1 aromatic heterocycles. The van der Waals surface area contributed by atoms with Crippen LogP contribution in [0.5, 0.6) is 0 Å². The van der Waals surface area contributed by atoms with Gasteiger partial charge in [-0.3, -0.25) is 14.7 Å². The number of carbonyl (C=O) groups is 1. The van der Waals surface area contributed by atoms with Gasteiger partial charge in [0.2, 0.25) is 5.91 Å². The molecule has 0 bridgehead atoms. The average Bonchev–Trinajstić information content (AvgIpc) is 3.23. The minimum absolute atomic E-state index is 0.147. The second-order valence-corrected chi connectivity index (χ2v) is 7.81. The molecule has 1 atom stereocenters. The Morgan fingerprint density at radius 3 is 2.59 bits per heavy atom. The van der Waals surface area contributed by atoms with Crippen LogP contribution in [0, 0.1) is 5.92 Å². The van der Waals surface area contributed by atoms with Crippen molar-refractivity contribution < 1.29 is 4.79 Å². The molecule has 1 unspecified atom stereocenters. The number of nitrogens with zero attached hydrogens (tertiary/aromatic N) is 3. The zero-order valence-electron chi connectivity index (χ0n) is 17.2. The second-order valence-electron chi connectivity index (χ2n) is 7.03. The summed E-state index contributed by atoms with van der Waals surface area (Å²) in [4.78, 5) is 20.9. The zero-order chi connectivity index (χ0) is 19.6. The molecular weight excluding hydrogens is 358 g/mol. The Balaban J connectivity index is 1.91. The van der Waals surface area contributed by atoms with E-state index in [1.54, 1.807) is 18.4 Å². The van der Waals surface area contributed by atoms with Crippen molar-refractivity contribution in [3.63, 3.8) is 0 Å². The number of nitrogens with one attached hydrogen (secondary N) is 2. The molecule has 1 amide bonds. The summed E-state index contributed by atoms with van der Waals surface area (Å²) in [7, 11) is 3.57. The normalized spacial score (nSPS) is 17.2. The number of piperidine rings is 1. The summed E-state index contributed by atoms with van der Waals surface area (Å²) >= 11 is 1.75. The zero-order valence-corrected chi connectivity index (χ0v) is 18.0. The Hall–Kier alpha value is -1.60. The molecule has 2 rings (SSSR count). The van der Waals surface area contributed by atoms with Crippen molar-refractivity contribution >= 4 is 23.2 Å². The molecule has 0 aliphatic carbocycles. The summed E-state index contributed by atoms with van der Waals surface area (Å²) in [6, 6.07) is 2.58. The van der Waals surface area contributed by atoms with Gasteiger partial charge < -0.3 is 15.5 Å². The third-order valence-corrected chi connectivity index (χ3v) is 6.21. The fraction of sp³-hybridized carbons (Fsp3) is 0.700. The maximum Gasteiger partial charge on any atom is 0.220 e. The summed E-state index contributed by atoms with van der Waals surface area (Å²) in [5.74, 6) is 1.60. The first-order chi connectivity index (χ1) is 13.1. The topological polar surface area (TPSA) is 60.0 Å². The maximum atomic E-state index is 11.6. The van der Waals surface area contributed by atoms with Gasteiger partial charge in [-0.2, -0.15) is 11.3 Å². The van der Waals surface area contributed by atoms with Gasteiger partial charge >= 0.3 is 0 Å². The van der Waals surface area contributed by atoms with Crippen molar-refractivity contribution in [1.29, 1.82) is 0 Å². The van der Waals surface area contributed by atoms with E-state index in [0.29, 0.717) is 18.4 Å². The second kappa shape index (κ2) is 11.3. The van der Waals surface area contributed by atoms with Crippen LogP contribution < -0.4 is 10.6 Å². The van der Waals surface area contributed by atoms with E-state index in [-0.39, 0.29) is 5.91 Å². The van der Waals surface area contributed by atoms with Crippen LogP contribution in [0.4, 0.5) is 0 Å². The Kier molecular flexibility index (Phi) is 9.07. The van der Waals surface area contributed by atoms with E-state index in [9.17, 15) is 4.79 Å². The molecule has 0 aromatic carbocycles. The number of carbonyl (C=O) groups excluding carboxylic acids is 1. The quantitative estimate of drug-likeness (QED) is 0.526. The highest BCUT2D eigenvalue weighted by atomic mass is 32.1. The number of hydrogen-bond donors (Lipinski definition) is 2. The van der Waals surface area contributed by atoms with Crippen LogP contribution in [0.2, 0.25) is 0 Å². The van der Waals surface area contributed by atoms with Gasteiger partial charge in [0.1, 0.15) is 0 Å². The molecule has 1 saturated heterocycles. The lowest BCUT2D eigenvalue weighted by molar-refractivity contribution is -0.121. The van der Waals surface area contributed by atoms with E-state index in [1.807, 2.05) is 7.05 Å². The third-order valence-electron chi connectivity index (χ3n) is 5.51. The molecule has 0 radical (unpaired) electrons. The molecule has 27 heavy (non-hydrogen) atoms. The molecule has 152 valence electrons. The fourth-order valence-corrected chi connectivity index (χ4v) is 4.53. The lowest BCUT2D eigenvalue weighted by Crippen LogP contribution is -2.48. The average molecular weight is 394 g/mol. The summed E-state index contributed by atoms with van der Waals surface area (Å²) in [6.45, 7) is 9.25. The highest BCUT2D eigenvalue weighted by molar-refractivity contribution is 7.07. The van der Waals surface area contributed by atoms with Crippen molar-refractivity contribution in [3.05, 3.63) is 22.4 Å². The molecule has 2 heterocycles. The van der Waals surface area contributed by atoms with E-state index in [2.05, 4.69) is 56.1 Å². The van der Waals surface area contributed by atoms with Crippen molar-refractivity contribution in [2.24, 2.45) is 10.9 Å². The Bertz CT molecular complexity index is 577. The largest absolute Gasteiger partial charge is 0.359 e. The molecule has 1 aliphatic heterocycles. The summed E-state index contributed by atoms with van der Waals surface area (Å²) in [5.41, 5.74) is 1.37. The lowest BCUT2D eigenvalue weighted by Gasteiger charge is -2.35. The lowest BCUT2D eigenvalue weighted by atomic mass is 9.93. The molecule has 0 spiro atoms. The van der Waals surface area contributed by atoms with Crippen LogP contribution in [0.15, 0.2) is 21.8 Å². The number of likely N-dealkylation sites (tertiary alicyclic amines) is 1. The van der Waals surface area contributed by atoms with Crippen LogP contribution in [0.25, 0.3) is 0 Å². The predicted molar refractivity (Wildman–Crippen MR) is 114 cm³/mol. The summed E-state index contributed by atoms with van der Waals surface area (Å²) in [5, 5.41) is 10.7. The first-order valence-corrected chi connectivity index (χ1v) is 11.0. The first-order valence-electron chi connectivity index (χ1n) is 10.0. The van der Waals surface area contributed by atoms with Crippen LogP contribution in [-0.4, -0.2) is 68.5 Å². The smallest absolute Gasteiger partial charge is 0.220 e. The molecule has 1 aromatic rings. The summed E-state index contributed by atoms with van der Waals surface area (Å²) in [6.07, 6.45) is 2.72. The SMILES string of the molecule is CCN(CC)C(CNC(=NC)N1CCC(CC(=O)NC)CC1)c1ccsc1. The van der Waals surface area contributed by atoms with Gasteiger partial charge in [-0.1, -0.05) is 13.8 Å². The standard InChI is InChI=1S/C20H35N5OS/c1-5-24(6-2)18(17-9-12-27-15-17)14-23-20(22-4)25-10-7-16(8-11-25)13-19(26)21-3/h9,12,15-16,18H,5-8,10-11,13-14H2,1-4H3,(H,21,26)(H,22,23). The predicted octanol–water partition coefficient (Wildman–Crippen LogP) is 2.55. The van der Waals surface area contributed by atoms with Crippen LogP contribution >= 0.6 is 11.3 Å². The van der Waals surface area contributed by atoms with Gasteiger partial charge in [0.05, 0.1) is 6.04 Å². The van der Waals surface area contributed by atoms with Gasteiger partial charge in [-0.05, 0) is 54.2 Å². The van der Waals surface area contributed by atoms with Gasteiger partial charge in [0.15, 0.2) is 5.96 Å². The van der Waals surface area contributed by atoms with E-state index in [4.69, 9.17) is 0 Å². The Morgan fingerprint density at radius 2 is 2.07 bits per heavy atom. The number of likely N-dealkylation sites (N-methyl/N-ethyl adjacent to an activating group) is 1. The minimum atomic E-state index is 0.147. The van der Waals surface area contributed by atoms with Crippen molar-refractivity contribution in [2.45, 2.75) is 39.2 Å². The van der Waals surface area contributed by atoms with Crippen LogP contribution in [-0.2, 0) is 4.79 Å². The molecule has 0 saturated carbocycles. The first kappa shape index (κ1) is 21.7. The van der Waals surface area contributed by atoms with Crippen molar-refractivity contribution in [2.75, 3.05) is 46.8 Å². The van der Waals surface area contributed by atoms with Gasteiger partial charge in [-0.15, -0.1) is 0 Å². The van der Waals surface area contributed by atoms with E-state index in [1.165, 1.54) is 5.56 Å². The number of amides is 1. The molecule has 7 heteroatoms. The van der Waals surface area contributed by atoms with E-state index in [0.717, 1.165) is 51.5 Å². The summed E-state index contributed by atoms with van der Waals surface area (Å²) < 4.78 is 0. The molecule has 1 aliphatic rings. The highest BCUT2D eigenvalue weighted by Gasteiger charge is 2.24. The van der Waals surface area contributed by atoms with E-state index < -0.39 is 0 Å². The van der Waals surface area contributed by atoms with Crippen molar-refractivity contribution in [3.8, 4) is 0 Å². The molecule has 6 nitrogen and oxygen atoms in total. The number of hydrogen-bond acceptors (Lipinski definition) is 4. The minimum Gasteiger partial charge on any atom is -0.359 e. The van der Waals surface area contributed by atoms with Gasteiger partial charge in [-0.25, -0.2) is 0 Å². The Morgan fingerprint density at radius 1 is 1.37 bits per heavy atom. The third kappa shape index (κ3) is 6.21. The Labute approximate surface area is 168 Å². The monoisotopic (exact) mass is 393 g/mol. The number of thiophene rings is 1. The number of aliphatic imine (C=N–C) groups is 1. The molecular formula is C20H35N5OS. The molecule has 2 N–H and O–H groups in total. The molecule has 1 fully saturated rings. The van der Waals surface area contributed by atoms with Gasteiger partial charge in [0.25, 0.3) is 0 Å². The van der Waals surface area contributed by atoms with Gasteiger partial charge in [0, 0.05) is 40.2 Å². The number of rotatable bonds is 8. The van der Waals surface area contributed by atoms with Crippen molar-refractivity contribution in [1.82, 2.24) is 20.4 Å². The highest BCUT2D eigenvalue weighted by Crippen LogP contribution is 2.23. The maximum absolute atomic E-state index is 11.6. The van der Waals surface area contributed by atoms with Crippen LogP contribution in [0.3, 0.4) is 0 Å². The van der Waals surface area contributed by atoms with Crippen LogP contribution in [0.1, 0.15) is 44.7 Å².